The highest BCUT2D eigenvalue weighted by Gasteiger charge is 2.34. The molecule has 0 bridgehead atoms. The van der Waals surface area contributed by atoms with Crippen LogP contribution in [0.2, 0.25) is 0 Å². The predicted octanol–water partition coefficient (Wildman–Crippen LogP) is 4.72. The van der Waals surface area contributed by atoms with Gasteiger partial charge in [0.1, 0.15) is 11.5 Å². The minimum absolute atomic E-state index is 0.0849. The highest BCUT2D eigenvalue weighted by atomic mass is 32.2. The summed E-state index contributed by atoms with van der Waals surface area (Å²) in [5.74, 6) is -2.55. The summed E-state index contributed by atoms with van der Waals surface area (Å²) in [5.41, 5.74) is 5.70. The number of carbonyl (C=O) groups is 1. The van der Waals surface area contributed by atoms with E-state index in [1.54, 1.807) is 0 Å². The Bertz CT molecular complexity index is 1060. The van der Waals surface area contributed by atoms with Crippen molar-refractivity contribution in [2.24, 2.45) is 5.73 Å². The van der Waals surface area contributed by atoms with Gasteiger partial charge >= 0.3 is 6.18 Å². The number of anilines is 1. The van der Waals surface area contributed by atoms with Crippen LogP contribution >= 0.6 is 0 Å². The van der Waals surface area contributed by atoms with Crippen LogP contribution < -0.4 is 10.0 Å². The summed E-state index contributed by atoms with van der Waals surface area (Å²) in [4.78, 5) is 16.1. The molecule has 1 aliphatic carbocycles. The Kier molecular flexibility index (Phi) is 8.29. The Hall–Kier alpha value is -2.53. The number of hydrogen-bond donors (Lipinski definition) is 1. The van der Waals surface area contributed by atoms with Gasteiger partial charge in [0.25, 0.3) is 0 Å². The van der Waals surface area contributed by atoms with E-state index in [9.17, 15) is 31.1 Å². The van der Waals surface area contributed by atoms with Crippen molar-refractivity contribution < 1.29 is 31.1 Å². The largest absolute Gasteiger partial charge is 0.755 e. The van der Waals surface area contributed by atoms with Crippen LogP contribution in [0.15, 0.2) is 30.3 Å². The quantitative estimate of drug-likeness (QED) is 0.419. The first kappa shape index (κ1) is 26.1. The molecule has 3 rings (SSSR count). The van der Waals surface area contributed by atoms with E-state index in [0.29, 0.717) is 15.6 Å². The lowest BCUT2D eigenvalue weighted by Crippen LogP contribution is -2.24. The monoisotopic (exact) mass is 500 g/mol. The minimum Gasteiger partial charge on any atom is -0.755 e. The van der Waals surface area contributed by atoms with Gasteiger partial charge in [-0.3, -0.25) is 9.00 Å². The van der Waals surface area contributed by atoms with Crippen LogP contribution in [-0.2, 0) is 28.7 Å². The average molecular weight is 501 g/mol. The maximum absolute atomic E-state index is 14.5. The van der Waals surface area contributed by atoms with Gasteiger partial charge in [-0.2, -0.15) is 13.2 Å². The smallest absolute Gasteiger partial charge is 0.433 e. The maximum atomic E-state index is 14.5. The van der Waals surface area contributed by atoms with Gasteiger partial charge in [0.15, 0.2) is 0 Å². The summed E-state index contributed by atoms with van der Waals surface area (Å²) in [5, 5.41) is 0. The first-order chi connectivity index (χ1) is 16.0. The van der Waals surface area contributed by atoms with E-state index in [4.69, 9.17) is 5.73 Å². The number of pyridine rings is 1. The second-order valence-electron chi connectivity index (χ2n) is 8.49. The fourth-order valence-electron chi connectivity index (χ4n) is 4.45. The molecule has 0 radical (unpaired) electrons. The summed E-state index contributed by atoms with van der Waals surface area (Å²) >= 11 is -2.68. The second kappa shape index (κ2) is 10.8. The van der Waals surface area contributed by atoms with Crippen molar-refractivity contribution in [2.45, 2.75) is 63.0 Å². The van der Waals surface area contributed by atoms with E-state index in [1.807, 2.05) is 0 Å². The normalized spacial score (nSPS) is 16.8. The third kappa shape index (κ3) is 6.12. The Morgan fingerprint density at radius 1 is 1.24 bits per heavy atom. The van der Waals surface area contributed by atoms with Gasteiger partial charge in [-0.15, -0.1) is 0 Å². The molecule has 2 unspecified atom stereocenters. The van der Waals surface area contributed by atoms with Crippen molar-refractivity contribution in [3.8, 4) is 0 Å². The van der Waals surface area contributed by atoms with Crippen molar-refractivity contribution in [2.75, 3.05) is 11.4 Å². The average Bonchev–Trinajstić information content (AvgIpc) is 2.78. The number of amides is 1. The Morgan fingerprint density at radius 3 is 2.47 bits per heavy atom. The highest BCUT2D eigenvalue weighted by molar-refractivity contribution is 7.80. The molecular weight excluding hydrogens is 474 g/mol. The van der Waals surface area contributed by atoms with E-state index in [0.717, 1.165) is 44.2 Å². The first-order valence-electron chi connectivity index (χ1n) is 11.0. The van der Waals surface area contributed by atoms with Gasteiger partial charge in [0.2, 0.25) is 5.91 Å². The Labute approximate surface area is 198 Å². The highest BCUT2D eigenvalue weighted by Crippen LogP contribution is 2.37. The van der Waals surface area contributed by atoms with Crippen molar-refractivity contribution in [1.82, 2.24) is 4.98 Å². The molecule has 1 amide bonds. The van der Waals surface area contributed by atoms with Gasteiger partial charge in [-0.05, 0) is 55.0 Å². The van der Waals surface area contributed by atoms with Crippen LogP contribution in [0.25, 0.3) is 0 Å². The van der Waals surface area contributed by atoms with Crippen LogP contribution in [-0.4, -0.2) is 26.7 Å². The second-order valence-corrected chi connectivity index (χ2v) is 9.47. The number of nitrogens with zero attached hydrogens (tertiary/aromatic N) is 2. The van der Waals surface area contributed by atoms with E-state index >= 15 is 0 Å². The molecule has 186 valence electrons. The number of nitrogens with two attached hydrogens (primary N) is 1. The molecule has 2 atom stereocenters. The molecule has 1 aromatic heterocycles. The summed E-state index contributed by atoms with van der Waals surface area (Å²) in [6.07, 6.45) is 0.190. The number of alkyl halides is 3. The van der Waals surface area contributed by atoms with Crippen molar-refractivity contribution >= 4 is 22.9 Å². The molecule has 1 aromatic carbocycles. The Balaban J connectivity index is 1.87. The molecule has 0 saturated heterocycles. The number of halogens is 4. The molecule has 11 heteroatoms. The number of primary amides is 1. The summed E-state index contributed by atoms with van der Waals surface area (Å²) in [6, 6.07) is 6.06. The molecule has 1 fully saturated rings. The van der Waals surface area contributed by atoms with Crippen molar-refractivity contribution in [3.05, 3.63) is 58.7 Å². The van der Waals surface area contributed by atoms with Gasteiger partial charge < -0.3 is 14.6 Å². The standard InChI is InChI=1S/C23H27F4N3O3S/c1-30(34(32)33)19-11-8-16(13-18(19)24)17(22(28)31)10-7-15-9-12-20(23(25,26)27)29-21(15)14-5-3-2-4-6-14/h8-9,11-14,17H,2-7,10H2,1H3,(H2,28,31)(H,32,33)/p-1. The molecule has 1 heterocycles. The van der Waals surface area contributed by atoms with Gasteiger partial charge in [0.05, 0.1) is 11.6 Å². The molecule has 34 heavy (non-hydrogen) atoms. The number of rotatable bonds is 8. The van der Waals surface area contributed by atoms with Crippen LogP contribution in [0.5, 0.6) is 0 Å². The van der Waals surface area contributed by atoms with Crippen molar-refractivity contribution in [1.29, 1.82) is 0 Å². The van der Waals surface area contributed by atoms with E-state index in [-0.39, 0.29) is 30.0 Å². The summed E-state index contributed by atoms with van der Waals surface area (Å²) in [7, 11) is 1.18. The lowest BCUT2D eigenvalue weighted by molar-refractivity contribution is -0.141. The maximum Gasteiger partial charge on any atom is 0.433 e. The van der Waals surface area contributed by atoms with Crippen LogP contribution in [0.4, 0.5) is 23.2 Å². The topological polar surface area (TPSA) is 99.4 Å². The van der Waals surface area contributed by atoms with Crippen LogP contribution in [0, 0.1) is 5.82 Å². The van der Waals surface area contributed by atoms with Gasteiger partial charge in [0, 0.05) is 29.9 Å². The number of aromatic nitrogens is 1. The number of hydrogen-bond acceptors (Lipinski definition) is 4. The van der Waals surface area contributed by atoms with Crippen LogP contribution in [0.1, 0.15) is 72.9 Å². The van der Waals surface area contributed by atoms with E-state index in [2.05, 4.69) is 4.98 Å². The molecule has 1 aliphatic rings. The fourth-order valence-corrected chi connectivity index (χ4v) is 4.76. The van der Waals surface area contributed by atoms with Crippen LogP contribution in [0.3, 0.4) is 0 Å². The SMILES string of the molecule is CN(c1ccc(C(CCc2ccc(C(F)(F)F)nc2C2CCCCC2)C(N)=O)cc1F)S(=O)[O-]. The zero-order valence-corrected chi connectivity index (χ0v) is 19.4. The third-order valence-corrected chi connectivity index (χ3v) is 6.92. The summed E-state index contributed by atoms with van der Waals surface area (Å²) < 4.78 is 77.3. The zero-order chi connectivity index (χ0) is 25.0. The number of carbonyl (C=O) groups excluding carboxylic acids is 1. The van der Waals surface area contributed by atoms with E-state index < -0.39 is 40.8 Å². The molecule has 2 N–H and O–H groups in total. The van der Waals surface area contributed by atoms with Crippen molar-refractivity contribution in [3.63, 3.8) is 0 Å². The minimum atomic E-state index is -4.56. The molecular formula is C23H26F4N3O3S-. The Morgan fingerprint density at radius 2 is 1.91 bits per heavy atom. The lowest BCUT2D eigenvalue weighted by atomic mass is 9.83. The first-order valence-corrected chi connectivity index (χ1v) is 12.0. The molecule has 0 aliphatic heterocycles. The molecule has 6 nitrogen and oxygen atoms in total. The van der Waals surface area contributed by atoms with Gasteiger partial charge in [-0.25, -0.2) is 9.37 Å². The molecule has 0 spiro atoms. The summed E-state index contributed by atoms with van der Waals surface area (Å²) in [6.45, 7) is 0. The molecule has 2 aromatic rings. The molecule has 1 saturated carbocycles. The lowest BCUT2D eigenvalue weighted by Gasteiger charge is -2.25. The number of aryl methyl sites for hydroxylation is 1. The zero-order valence-electron chi connectivity index (χ0n) is 18.6. The fraction of sp³-hybridized carbons (Fsp3) is 0.478. The van der Waals surface area contributed by atoms with Gasteiger partial charge in [-0.1, -0.05) is 31.4 Å². The van der Waals surface area contributed by atoms with E-state index in [1.165, 1.54) is 25.2 Å². The predicted molar refractivity (Wildman–Crippen MR) is 119 cm³/mol. The third-order valence-electron chi connectivity index (χ3n) is 6.28. The number of benzene rings is 1.